The molecule has 59 valence electrons. The van der Waals surface area contributed by atoms with Crippen molar-refractivity contribution in [3.05, 3.63) is 0 Å². The van der Waals surface area contributed by atoms with Crippen molar-refractivity contribution >= 4 is 19.4 Å². The molecule has 10 heavy (non-hydrogen) atoms. The zero-order chi connectivity index (χ0) is 7.66. The summed E-state index contributed by atoms with van der Waals surface area (Å²) in [6, 6.07) is 0. The van der Waals surface area contributed by atoms with Gasteiger partial charge in [-0.2, -0.15) is 3.89 Å². The minimum absolute atomic E-state index is 0.458. The number of unbranched alkanes of at least 4 members (excludes halogenated alkanes) is 3. The van der Waals surface area contributed by atoms with E-state index in [0.29, 0.717) is 17.9 Å². The van der Waals surface area contributed by atoms with E-state index in [2.05, 4.69) is 14.1 Å². The molecule has 0 aromatic rings. The fourth-order valence-corrected chi connectivity index (χ4v) is 1.17. The second-order valence-electron chi connectivity index (χ2n) is 2.42. The second-order valence-corrected chi connectivity index (χ2v) is 3.05. The highest BCUT2D eigenvalue weighted by Crippen LogP contribution is 2.08. The van der Waals surface area contributed by atoms with Crippen LogP contribution in [-0.2, 0) is 0 Å². The monoisotopic (exact) mass is 161 g/mol. The van der Waals surface area contributed by atoms with E-state index in [1.54, 1.807) is 0 Å². The van der Waals surface area contributed by atoms with Crippen LogP contribution >= 0.6 is 12.1 Å². The van der Waals surface area contributed by atoms with Gasteiger partial charge in [0, 0.05) is 17.9 Å². The molecule has 1 radical (unpaired) electrons. The molecule has 0 rings (SSSR count). The van der Waals surface area contributed by atoms with E-state index in [9.17, 15) is 3.89 Å². The van der Waals surface area contributed by atoms with E-state index in [-0.39, 0.29) is 0 Å². The van der Waals surface area contributed by atoms with Crippen molar-refractivity contribution in [2.24, 2.45) is 0 Å². The predicted octanol–water partition coefficient (Wildman–Crippen LogP) is 3.34. The van der Waals surface area contributed by atoms with Gasteiger partial charge in [-0.15, -0.1) is 0 Å². The third kappa shape index (κ3) is 8.34. The van der Waals surface area contributed by atoms with Crippen molar-refractivity contribution in [3.8, 4) is 0 Å². The van der Waals surface area contributed by atoms with Crippen LogP contribution in [0.3, 0.4) is 0 Å². The van der Waals surface area contributed by atoms with Crippen LogP contribution in [0.5, 0.6) is 0 Å². The maximum absolute atomic E-state index is 11.5. The Morgan fingerprint density at radius 2 is 1.90 bits per heavy atom. The molecule has 0 bridgehead atoms. The fourth-order valence-electron chi connectivity index (χ4n) is 0.859. The van der Waals surface area contributed by atoms with E-state index in [1.165, 1.54) is 25.6 Å². The van der Waals surface area contributed by atoms with Gasteiger partial charge in [0.25, 0.3) is 0 Å². The second kappa shape index (κ2) is 9.34. The molecule has 0 aliphatic carbocycles. The normalized spacial score (nSPS) is 9.80. The molecule has 0 heterocycles. The van der Waals surface area contributed by atoms with Gasteiger partial charge in [0.15, 0.2) is 0 Å². The SMILES string of the molecule is C[B]CCCCCCSF. The Balaban J connectivity index is 2.65. The fraction of sp³-hybridized carbons (Fsp3) is 1.00. The topological polar surface area (TPSA) is 0 Å². The highest BCUT2D eigenvalue weighted by molar-refractivity contribution is 7.94. The Morgan fingerprint density at radius 3 is 2.50 bits per heavy atom. The molecular weight excluding hydrogens is 146 g/mol. The number of rotatable bonds is 7. The van der Waals surface area contributed by atoms with E-state index in [0.717, 1.165) is 6.42 Å². The Hall–Kier alpha value is 0.345. The van der Waals surface area contributed by atoms with Crippen molar-refractivity contribution in [1.82, 2.24) is 0 Å². The van der Waals surface area contributed by atoms with Gasteiger partial charge in [0.05, 0.1) is 0 Å². The molecule has 0 atom stereocenters. The Bertz CT molecular complexity index is 53.6. The summed E-state index contributed by atoms with van der Waals surface area (Å²) in [5.74, 6) is 0.676. The summed E-state index contributed by atoms with van der Waals surface area (Å²) in [7, 11) is 2.18. The lowest BCUT2D eigenvalue weighted by Crippen LogP contribution is -1.83. The molecule has 0 aliphatic rings. The third-order valence-electron chi connectivity index (χ3n) is 1.46. The maximum Gasteiger partial charge on any atom is 0.105 e. The molecule has 3 heteroatoms. The number of hydrogen-bond acceptors (Lipinski definition) is 1. The van der Waals surface area contributed by atoms with Gasteiger partial charge in [0.2, 0.25) is 0 Å². The molecule has 0 N–H and O–H groups in total. The number of halogens is 1. The first-order valence-corrected chi connectivity index (χ1v) is 4.81. The van der Waals surface area contributed by atoms with Gasteiger partial charge in [-0.3, -0.25) is 0 Å². The van der Waals surface area contributed by atoms with Gasteiger partial charge >= 0.3 is 0 Å². The first-order chi connectivity index (χ1) is 4.91. The molecule has 0 saturated heterocycles. The van der Waals surface area contributed by atoms with Crippen molar-refractivity contribution in [3.63, 3.8) is 0 Å². The Kier molecular flexibility index (Phi) is 9.67. The van der Waals surface area contributed by atoms with Gasteiger partial charge in [-0.05, 0) is 6.42 Å². The molecule has 0 saturated carbocycles. The number of hydrogen-bond donors (Lipinski definition) is 0. The van der Waals surface area contributed by atoms with E-state index < -0.39 is 0 Å². The average molecular weight is 161 g/mol. The molecule has 0 fully saturated rings. The lowest BCUT2D eigenvalue weighted by atomic mass is 9.76. The van der Waals surface area contributed by atoms with Crippen LogP contribution in [0.1, 0.15) is 25.7 Å². The van der Waals surface area contributed by atoms with E-state index in [1.807, 2.05) is 0 Å². The van der Waals surface area contributed by atoms with Crippen LogP contribution in [0.15, 0.2) is 0 Å². The lowest BCUT2D eigenvalue weighted by molar-refractivity contribution is 0.702. The first-order valence-electron chi connectivity index (χ1n) is 3.93. The highest BCUT2D eigenvalue weighted by Gasteiger charge is 1.89. The minimum atomic E-state index is 0.458. The standard InChI is InChI=1S/C7H15BFS/c1-8-6-4-2-3-5-7-10-9/h2-7H2,1H3. The zero-order valence-electron chi connectivity index (χ0n) is 6.61. The molecule has 0 aromatic heterocycles. The summed E-state index contributed by atoms with van der Waals surface area (Å²) < 4.78 is 11.5. The first kappa shape index (κ1) is 10.3. The van der Waals surface area contributed by atoms with Crippen molar-refractivity contribution in [2.45, 2.75) is 38.8 Å². The summed E-state index contributed by atoms with van der Waals surface area (Å²) in [4.78, 5) is 0. The molecule has 0 aromatic carbocycles. The van der Waals surface area contributed by atoms with E-state index >= 15 is 0 Å². The summed E-state index contributed by atoms with van der Waals surface area (Å²) >= 11 is 0.458. The largest absolute Gasteiger partial charge is 0.165 e. The molecule has 0 spiro atoms. The maximum atomic E-state index is 11.5. The molecule has 0 amide bonds. The van der Waals surface area contributed by atoms with Crippen LogP contribution in [0.25, 0.3) is 0 Å². The smallest absolute Gasteiger partial charge is 0.105 e. The Morgan fingerprint density at radius 1 is 1.20 bits per heavy atom. The van der Waals surface area contributed by atoms with Crippen LogP contribution in [0, 0.1) is 0 Å². The average Bonchev–Trinajstić information content (AvgIpc) is 1.97. The molecule has 0 nitrogen and oxygen atoms in total. The molecular formula is C7H15BFS. The van der Waals surface area contributed by atoms with Gasteiger partial charge in [-0.1, -0.05) is 32.4 Å². The van der Waals surface area contributed by atoms with Gasteiger partial charge < -0.3 is 0 Å². The lowest BCUT2D eigenvalue weighted by Gasteiger charge is -1.96. The quantitative estimate of drug-likeness (QED) is 0.407. The van der Waals surface area contributed by atoms with Gasteiger partial charge in [0.1, 0.15) is 7.28 Å². The van der Waals surface area contributed by atoms with Crippen LogP contribution in [0.2, 0.25) is 13.1 Å². The molecule has 0 aliphatic heterocycles. The minimum Gasteiger partial charge on any atom is -0.165 e. The van der Waals surface area contributed by atoms with Crippen molar-refractivity contribution in [2.75, 3.05) is 5.75 Å². The summed E-state index contributed by atoms with van der Waals surface area (Å²) in [6.07, 6.45) is 5.96. The Labute approximate surface area is 68.5 Å². The van der Waals surface area contributed by atoms with Gasteiger partial charge in [-0.25, -0.2) is 0 Å². The van der Waals surface area contributed by atoms with Crippen LogP contribution in [-0.4, -0.2) is 13.0 Å². The summed E-state index contributed by atoms with van der Waals surface area (Å²) in [5, 5.41) is 0. The predicted molar refractivity (Wildman–Crippen MR) is 48.5 cm³/mol. The zero-order valence-corrected chi connectivity index (χ0v) is 7.42. The van der Waals surface area contributed by atoms with Crippen molar-refractivity contribution < 1.29 is 3.89 Å². The van der Waals surface area contributed by atoms with Crippen molar-refractivity contribution in [1.29, 1.82) is 0 Å². The third-order valence-corrected chi connectivity index (χ3v) is 1.91. The molecule has 0 unspecified atom stereocenters. The van der Waals surface area contributed by atoms with E-state index in [4.69, 9.17) is 0 Å². The van der Waals surface area contributed by atoms with Crippen LogP contribution < -0.4 is 0 Å². The highest BCUT2D eigenvalue weighted by atomic mass is 32.2. The van der Waals surface area contributed by atoms with Crippen LogP contribution in [0.4, 0.5) is 3.89 Å². The summed E-state index contributed by atoms with van der Waals surface area (Å²) in [5.41, 5.74) is 0. The summed E-state index contributed by atoms with van der Waals surface area (Å²) in [6.45, 7) is 2.08.